The summed E-state index contributed by atoms with van der Waals surface area (Å²) in [5, 5.41) is 6.88. The van der Waals surface area contributed by atoms with E-state index in [1.807, 2.05) is 29.8 Å². The van der Waals surface area contributed by atoms with Crippen molar-refractivity contribution in [2.45, 2.75) is 19.6 Å². The number of nitrogens with zero attached hydrogens (tertiary/aromatic N) is 2. The topological polar surface area (TPSA) is 54.5 Å². The number of aromatic nitrogens is 1. The van der Waals surface area contributed by atoms with Crippen LogP contribution in [0, 0.1) is 18.8 Å². The van der Waals surface area contributed by atoms with E-state index in [1.165, 1.54) is 0 Å². The smallest absolute Gasteiger partial charge is 0.252 e. The zero-order valence-corrected chi connectivity index (χ0v) is 15.2. The van der Waals surface area contributed by atoms with Crippen molar-refractivity contribution in [3.63, 3.8) is 0 Å². The fourth-order valence-corrected chi connectivity index (χ4v) is 4.49. The number of ether oxygens (including phenoxy) is 1. The maximum Gasteiger partial charge on any atom is 0.252 e. The summed E-state index contributed by atoms with van der Waals surface area (Å²) in [6.45, 7) is 6.29. The highest BCUT2D eigenvalue weighted by Crippen LogP contribution is 2.33. The lowest BCUT2D eigenvalue weighted by atomic mass is 9.93. The molecular formula is C19H23N3O2S. The summed E-state index contributed by atoms with van der Waals surface area (Å²) in [4.78, 5) is 19.1. The lowest BCUT2D eigenvalue weighted by Crippen LogP contribution is -2.34. The van der Waals surface area contributed by atoms with Crippen molar-refractivity contribution in [3.05, 3.63) is 52.0 Å². The molecule has 25 heavy (non-hydrogen) atoms. The minimum absolute atomic E-state index is 0.0171. The molecule has 0 saturated carbocycles. The lowest BCUT2D eigenvalue weighted by Gasteiger charge is -2.19. The van der Waals surface area contributed by atoms with Crippen LogP contribution in [0.1, 0.15) is 21.7 Å². The van der Waals surface area contributed by atoms with Crippen molar-refractivity contribution >= 4 is 17.2 Å². The second-order valence-corrected chi connectivity index (χ2v) is 7.76. The van der Waals surface area contributed by atoms with E-state index in [4.69, 9.17) is 4.74 Å². The Morgan fingerprint density at radius 2 is 2.32 bits per heavy atom. The quantitative estimate of drug-likeness (QED) is 0.892. The number of carbonyl (C=O) groups is 1. The van der Waals surface area contributed by atoms with Gasteiger partial charge in [0.2, 0.25) is 0 Å². The zero-order valence-electron chi connectivity index (χ0n) is 14.4. The maximum absolute atomic E-state index is 12.1. The summed E-state index contributed by atoms with van der Waals surface area (Å²) in [7, 11) is 0. The number of thiophene rings is 1. The molecule has 6 heteroatoms. The molecule has 1 amide bonds. The summed E-state index contributed by atoms with van der Waals surface area (Å²) in [6.07, 6.45) is 0.285. The summed E-state index contributed by atoms with van der Waals surface area (Å²) in [6, 6.07) is 8.03. The highest BCUT2D eigenvalue weighted by Gasteiger charge is 2.43. The van der Waals surface area contributed by atoms with Crippen LogP contribution in [-0.2, 0) is 11.3 Å². The Morgan fingerprint density at radius 3 is 3.12 bits per heavy atom. The van der Waals surface area contributed by atoms with E-state index in [9.17, 15) is 4.79 Å². The Bertz CT molecular complexity index is 734. The third-order valence-electron chi connectivity index (χ3n) is 5.15. The minimum atomic E-state index is 0.0171. The second-order valence-electron chi connectivity index (χ2n) is 6.98. The molecular weight excluding hydrogens is 334 g/mol. The molecule has 0 aromatic carbocycles. The fraction of sp³-hybridized carbons (Fsp3) is 0.474. The molecule has 0 spiro atoms. The molecule has 1 N–H and O–H groups in total. The first-order chi connectivity index (χ1) is 12.2. The van der Waals surface area contributed by atoms with Gasteiger partial charge in [-0.3, -0.25) is 14.7 Å². The van der Waals surface area contributed by atoms with Crippen molar-refractivity contribution in [3.8, 4) is 0 Å². The Morgan fingerprint density at radius 1 is 1.40 bits per heavy atom. The number of hydrogen-bond donors (Lipinski definition) is 1. The van der Waals surface area contributed by atoms with Crippen molar-refractivity contribution in [1.82, 2.24) is 15.2 Å². The van der Waals surface area contributed by atoms with E-state index in [2.05, 4.69) is 27.3 Å². The van der Waals surface area contributed by atoms with Gasteiger partial charge in [0.25, 0.3) is 5.91 Å². The zero-order chi connectivity index (χ0) is 17.2. The van der Waals surface area contributed by atoms with Gasteiger partial charge in [-0.2, -0.15) is 11.3 Å². The molecule has 4 rings (SSSR count). The van der Waals surface area contributed by atoms with E-state index in [1.54, 1.807) is 11.3 Å². The summed E-state index contributed by atoms with van der Waals surface area (Å²) >= 11 is 1.55. The first-order valence-electron chi connectivity index (χ1n) is 8.76. The lowest BCUT2D eigenvalue weighted by molar-refractivity contribution is 0.0903. The number of amides is 1. The molecule has 0 aliphatic carbocycles. The van der Waals surface area contributed by atoms with Crippen molar-refractivity contribution in [2.24, 2.45) is 11.8 Å². The molecule has 0 radical (unpaired) electrons. The Labute approximate surface area is 152 Å². The Kier molecular flexibility index (Phi) is 4.83. The van der Waals surface area contributed by atoms with Gasteiger partial charge in [0.1, 0.15) is 0 Å². The van der Waals surface area contributed by atoms with E-state index >= 15 is 0 Å². The first kappa shape index (κ1) is 16.7. The predicted molar refractivity (Wildman–Crippen MR) is 97.6 cm³/mol. The second kappa shape index (κ2) is 7.23. The van der Waals surface area contributed by atoms with Gasteiger partial charge in [0.15, 0.2) is 0 Å². The maximum atomic E-state index is 12.1. The van der Waals surface area contributed by atoms with Crippen LogP contribution in [0.25, 0.3) is 0 Å². The highest BCUT2D eigenvalue weighted by molar-refractivity contribution is 7.08. The molecule has 5 nitrogen and oxygen atoms in total. The molecule has 2 aromatic heterocycles. The predicted octanol–water partition coefficient (Wildman–Crippen LogP) is 2.33. The van der Waals surface area contributed by atoms with Gasteiger partial charge in [0, 0.05) is 54.7 Å². The van der Waals surface area contributed by atoms with E-state index in [-0.39, 0.29) is 12.0 Å². The number of carbonyl (C=O) groups excluding carboxylic acids is 1. The van der Waals surface area contributed by atoms with Crippen molar-refractivity contribution in [2.75, 3.05) is 26.2 Å². The number of hydrogen-bond acceptors (Lipinski definition) is 5. The molecule has 0 unspecified atom stereocenters. The largest absolute Gasteiger partial charge is 0.376 e. The Hall–Kier alpha value is -1.76. The SMILES string of the molecule is Cc1cccc(CN2C[C@H]3[C@H](CNC(=O)c4ccsc4)CO[C@H]3C2)n1. The molecule has 0 bridgehead atoms. The molecule has 2 aliphatic rings. The minimum Gasteiger partial charge on any atom is -0.376 e. The van der Waals surface area contributed by atoms with Gasteiger partial charge in [-0.15, -0.1) is 0 Å². The molecule has 2 saturated heterocycles. The molecule has 132 valence electrons. The van der Waals surface area contributed by atoms with Crippen LogP contribution in [0.4, 0.5) is 0 Å². The van der Waals surface area contributed by atoms with Gasteiger partial charge in [0.05, 0.1) is 18.4 Å². The van der Waals surface area contributed by atoms with Crippen LogP contribution in [0.5, 0.6) is 0 Å². The molecule has 3 atom stereocenters. The van der Waals surface area contributed by atoms with Crippen molar-refractivity contribution < 1.29 is 9.53 Å². The van der Waals surface area contributed by atoms with Crippen LogP contribution < -0.4 is 5.32 Å². The van der Waals surface area contributed by atoms with Crippen LogP contribution in [-0.4, -0.2) is 48.1 Å². The number of likely N-dealkylation sites (tertiary alicyclic amines) is 1. The number of pyridine rings is 1. The normalized spacial score (nSPS) is 25.9. The first-order valence-corrected chi connectivity index (χ1v) is 9.70. The van der Waals surface area contributed by atoms with Gasteiger partial charge in [-0.25, -0.2) is 0 Å². The van der Waals surface area contributed by atoms with E-state index in [0.717, 1.165) is 43.2 Å². The standard InChI is InChI=1S/C19H23N3O2S/c1-13-3-2-4-16(21-13)8-22-9-17-15(11-24-18(17)10-22)7-20-19(23)14-5-6-25-12-14/h2-6,12,15,17-18H,7-11H2,1H3,(H,20,23)/t15-,17+,18+/m1/s1. The van der Waals surface area contributed by atoms with Gasteiger partial charge in [-0.1, -0.05) is 6.07 Å². The summed E-state index contributed by atoms with van der Waals surface area (Å²) in [5.74, 6) is 0.902. The van der Waals surface area contributed by atoms with Crippen LogP contribution in [0.15, 0.2) is 35.0 Å². The van der Waals surface area contributed by atoms with Gasteiger partial charge in [-0.05, 0) is 30.5 Å². The van der Waals surface area contributed by atoms with E-state index in [0.29, 0.717) is 18.4 Å². The van der Waals surface area contributed by atoms with Crippen molar-refractivity contribution in [1.29, 1.82) is 0 Å². The monoisotopic (exact) mass is 357 g/mol. The fourth-order valence-electron chi connectivity index (χ4n) is 3.86. The highest BCUT2D eigenvalue weighted by atomic mass is 32.1. The number of rotatable bonds is 5. The third kappa shape index (κ3) is 3.76. The van der Waals surface area contributed by atoms with Crippen LogP contribution >= 0.6 is 11.3 Å². The van der Waals surface area contributed by atoms with Gasteiger partial charge < -0.3 is 10.1 Å². The van der Waals surface area contributed by atoms with Crippen LogP contribution in [0.2, 0.25) is 0 Å². The number of fused-ring (bicyclic) bond motifs is 1. The summed E-state index contributed by atoms with van der Waals surface area (Å²) in [5.41, 5.74) is 2.92. The summed E-state index contributed by atoms with van der Waals surface area (Å²) < 4.78 is 5.99. The molecule has 2 aliphatic heterocycles. The van der Waals surface area contributed by atoms with E-state index < -0.39 is 0 Å². The molecule has 2 fully saturated rings. The number of aryl methyl sites for hydroxylation is 1. The Balaban J connectivity index is 1.31. The number of nitrogens with one attached hydrogen (secondary N) is 1. The molecule has 2 aromatic rings. The van der Waals surface area contributed by atoms with Crippen LogP contribution in [0.3, 0.4) is 0 Å². The van der Waals surface area contributed by atoms with Gasteiger partial charge >= 0.3 is 0 Å². The average molecular weight is 357 g/mol. The average Bonchev–Trinajstić information content (AvgIpc) is 3.30. The third-order valence-corrected chi connectivity index (χ3v) is 5.84. The molecule has 4 heterocycles.